The van der Waals surface area contributed by atoms with Crippen LogP contribution in [0.25, 0.3) is 0 Å². The van der Waals surface area contributed by atoms with Gasteiger partial charge in [-0.15, -0.1) is 0 Å². The number of halogens is 1. The van der Waals surface area contributed by atoms with E-state index in [1.807, 2.05) is 13.8 Å². The van der Waals surface area contributed by atoms with E-state index in [4.69, 9.17) is 17.3 Å². The molecule has 0 saturated carbocycles. The van der Waals surface area contributed by atoms with Gasteiger partial charge in [-0.2, -0.15) is 0 Å². The number of nitrogens with one attached hydrogen (secondary N) is 1. The Kier molecular flexibility index (Phi) is 2.83. The molecule has 0 atom stereocenters. The molecule has 0 amide bonds. The third-order valence-electron chi connectivity index (χ3n) is 1.80. The van der Waals surface area contributed by atoms with Gasteiger partial charge in [-0.3, -0.25) is 4.57 Å². The van der Waals surface area contributed by atoms with E-state index in [2.05, 4.69) is 4.98 Å². The Labute approximate surface area is 81.7 Å². The first kappa shape index (κ1) is 10.3. The first-order valence-corrected chi connectivity index (χ1v) is 4.50. The normalized spacial score (nSPS) is 12.0. The number of hydrogen-bond acceptors (Lipinski definition) is 2. The van der Waals surface area contributed by atoms with Gasteiger partial charge < -0.3 is 10.7 Å². The fraction of sp³-hybridized carbons (Fsp3) is 0.625. The second-order valence-corrected chi connectivity index (χ2v) is 4.19. The Morgan fingerprint density at radius 3 is 2.69 bits per heavy atom. The molecule has 4 nitrogen and oxygen atoms in total. The molecule has 74 valence electrons. The summed E-state index contributed by atoms with van der Waals surface area (Å²) in [7, 11) is 0. The van der Waals surface area contributed by atoms with Crippen LogP contribution in [0.3, 0.4) is 0 Å². The van der Waals surface area contributed by atoms with Crippen LogP contribution in [-0.2, 0) is 6.54 Å². The molecule has 13 heavy (non-hydrogen) atoms. The van der Waals surface area contributed by atoms with E-state index in [0.29, 0.717) is 18.1 Å². The minimum Gasteiger partial charge on any atom is -0.325 e. The van der Waals surface area contributed by atoms with Gasteiger partial charge in [-0.25, -0.2) is 4.79 Å². The number of hydrogen-bond donors (Lipinski definition) is 2. The molecule has 0 radical (unpaired) electrons. The summed E-state index contributed by atoms with van der Waals surface area (Å²) in [4.78, 5) is 13.6. The Balaban J connectivity index is 2.70. The maximum Gasteiger partial charge on any atom is 0.326 e. The molecule has 1 rings (SSSR count). The number of rotatable bonds is 3. The quantitative estimate of drug-likeness (QED) is 0.769. The molecule has 0 aliphatic carbocycles. The van der Waals surface area contributed by atoms with Crippen LogP contribution in [0.5, 0.6) is 0 Å². The molecule has 0 saturated heterocycles. The number of nitrogens with zero attached hydrogens (tertiary/aromatic N) is 1. The highest BCUT2D eigenvalue weighted by Gasteiger charge is 2.12. The standard InChI is InChI=1S/C8H14ClN3O/c1-8(2,10)3-4-12-6(9)5-11-7(12)13/h5H,3-4,10H2,1-2H3,(H,11,13). The SMILES string of the molecule is CC(C)(N)CCn1c(Cl)c[nH]c1=O. The van der Waals surface area contributed by atoms with Crippen LogP contribution in [0.4, 0.5) is 0 Å². The summed E-state index contributed by atoms with van der Waals surface area (Å²) >= 11 is 5.76. The summed E-state index contributed by atoms with van der Waals surface area (Å²) in [5.41, 5.74) is 5.32. The van der Waals surface area contributed by atoms with Crippen LogP contribution in [0, 0.1) is 0 Å². The summed E-state index contributed by atoms with van der Waals surface area (Å²) in [6, 6.07) is 0. The van der Waals surface area contributed by atoms with Crippen molar-refractivity contribution in [2.45, 2.75) is 32.4 Å². The summed E-state index contributed by atoms with van der Waals surface area (Å²) in [6.45, 7) is 4.38. The molecule has 0 aliphatic rings. The maximum absolute atomic E-state index is 11.1. The molecule has 1 heterocycles. The zero-order valence-electron chi connectivity index (χ0n) is 7.80. The van der Waals surface area contributed by atoms with Crippen molar-refractivity contribution in [1.29, 1.82) is 0 Å². The second kappa shape index (κ2) is 3.55. The van der Waals surface area contributed by atoms with Crippen molar-refractivity contribution in [2.24, 2.45) is 5.73 Å². The van der Waals surface area contributed by atoms with E-state index < -0.39 is 0 Å². The lowest BCUT2D eigenvalue weighted by molar-refractivity contribution is 0.433. The van der Waals surface area contributed by atoms with E-state index in [-0.39, 0.29) is 11.2 Å². The molecule has 0 fully saturated rings. The van der Waals surface area contributed by atoms with E-state index in [9.17, 15) is 4.79 Å². The van der Waals surface area contributed by atoms with Gasteiger partial charge in [0.25, 0.3) is 0 Å². The second-order valence-electron chi connectivity index (χ2n) is 3.81. The predicted octanol–water partition coefficient (Wildman–Crippen LogP) is 0.957. The highest BCUT2D eigenvalue weighted by Crippen LogP contribution is 2.09. The lowest BCUT2D eigenvalue weighted by atomic mass is 10.0. The van der Waals surface area contributed by atoms with Crippen molar-refractivity contribution in [3.63, 3.8) is 0 Å². The van der Waals surface area contributed by atoms with Crippen molar-refractivity contribution >= 4 is 11.6 Å². The average molecular weight is 204 g/mol. The van der Waals surface area contributed by atoms with Gasteiger partial charge in [0.2, 0.25) is 0 Å². The average Bonchev–Trinajstić information content (AvgIpc) is 2.27. The summed E-state index contributed by atoms with van der Waals surface area (Å²) in [5.74, 6) is 0. The van der Waals surface area contributed by atoms with E-state index in [1.165, 1.54) is 10.8 Å². The Morgan fingerprint density at radius 1 is 1.69 bits per heavy atom. The van der Waals surface area contributed by atoms with Crippen molar-refractivity contribution in [1.82, 2.24) is 9.55 Å². The zero-order valence-corrected chi connectivity index (χ0v) is 8.56. The molecule has 0 aromatic carbocycles. The number of nitrogens with two attached hydrogens (primary N) is 1. The first-order valence-electron chi connectivity index (χ1n) is 4.13. The highest BCUT2D eigenvalue weighted by molar-refractivity contribution is 6.29. The summed E-state index contributed by atoms with van der Waals surface area (Å²) in [5, 5.41) is 0.425. The van der Waals surface area contributed by atoms with Gasteiger partial charge in [0.1, 0.15) is 5.15 Å². The smallest absolute Gasteiger partial charge is 0.325 e. The molecular formula is C8H14ClN3O. The fourth-order valence-electron chi connectivity index (χ4n) is 0.982. The molecule has 1 aromatic rings. The molecule has 0 spiro atoms. The van der Waals surface area contributed by atoms with Gasteiger partial charge in [-0.05, 0) is 20.3 Å². The monoisotopic (exact) mass is 203 g/mol. The molecular weight excluding hydrogens is 190 g/mol. The minimum atomic E-state index is -0.278. The van der Waals surface area contributed by atoms with Crippen LogP contribution in [0.2, 0.25) is 5.15 Å². The van der Waals surface area contributed by atoms with Gasteiger partial charge in [0.15, 0.2) is 0 Å². The zero-order chi connectivity index (χ0) is 10.1. The molecule has 1 aromatic heterocycles. The third-order valence-corrected chi connectivity index (χ3v) is 2.11. The number of H-pyrrole nitrogens is 1. The molecule has 0 bridgehead atoms. The number of aromatic nitrogens is 2. The molecule has 3 N–H and O–H groups in total. The van der Waals surface area contributed by atoms with E-state index >= 15 is 0 Å². The highest BCUT2D eigenvalue weighted by atomic mass is 35.5. The predicted molar refractivity (Wildman–Crippen MR) is 52.9 cm³/mol. The van der Waals surface area contributed by atoms with Gasteiger partial charge in [-0.1, -0.05) is 11.6 Å². The molecule has 0 unspecified atom stereocenters. The minimum absolute atomic E-state index is 0.186. The number of aromatic amines is 1. The van der Waals surface area contributed by atoms with Crippen LogP contribution in [0.1, 0.15) is 20.3 Å². The largest absolute Gasteiger partial charge is 0.326 e. The van der Waals surface area contributed by atoms with E-state index in [1.54, 1.807) is 0 Å². The Morgan fingerprint density at radius 2 is 2.31 bits per heavy atom. The first-order chi connectivity index (χ1) is 5.90. The van der Waals surface area contributed by atoms with Gasteiger partial charge in [0.05, 0.1) is 0 Å². The Hall–Kier alpha value is -0.740. The van der Waals surface area contributed by atoms with Crippen molar-refractivity contribution in [3.8, 4) is 0 Å². The lowest BCUT2D eigenvalue weighted by Gasteiger charge is -2.18. The lowest BCUT2D eigenvalue weighted by Crippen LogP contribution is -2.34. The van der Waals surface area contributed by atoms with Gasteiger partial charge >= 0.3 is 5.69 Å². The van der Waals surface area contributed by atoms with Gasteiger partial charge in [0, 0.05) is 18.3 Å². The molecule has 0 aliphatic heterocycles. The van der Waals surface area contributed by atoms with Crippen molar-refractivity contribution in [2.75, 3.05) is 0 Å². The summed E-state index contributed by atoms with van der Waals surface area (Å²) < 4.78 is 1.47. The number of imidazole rings is 1. The fourth-order valence-corrected chi connectivity index (χ4v) is 1.20. The summed E-state index contributed by atoms with van der Waals surface area (Å²) in [6.07, 6.45) is 2.19. The topological polar surface area (TPSA) is 63.8 Å². The maximum atomic E-state index is 11.1. The Bertz CT molecular complexity index is 334. The van der Waals surface area contributed by atoms with Crippen molar-refractivity contribution in [3.05, 3.63) is 21.8 Å². The molecule has 5 heteroatoms. The van der Waals surface area contributed by atoms with Crippen molar-refractivity contribution < 1.29 is 0 Å². The van der Waals surface area contributed by atoms with Crippen LogP contribution in [0.15, 0.2) is 11.0 Å². The van der Waals surface area contributed by atoms with E-state index in [0.717, 1.165) is 0 Å². The third kappa shape index (κ3) is 2.90. The van der Waals surface area contributed by atoms with Crippen LogP contribution in [-0.4, -0.2) is 15.1 Å². The van der Waals surface area contributed by atoms with Crippen LogP contribution < -0.4 is 11.4 Å². The van der Waals surface area contributed by atoms with Crippen LogP contribution >= 0.6 is 11.6 Å².